The van der Waals surface area contributed by atoms with E-state index in [0.717, 1.165) is 17.7 Å². The second-order valence-corrected chi connectivity index (χ2v) is 7.13. The fourth-order valence-corrected chi connectivity index (χ4v) is 3.78. The molecule has 1 heterocycles. The van der Waals surface area contributed by atoms with Crippen molar-refractivity contribution in [3.8, 4) is 0 Å². The molecule has 4 heteroatoms. The third-order valence-corrected chi connectivity index (χ3v) is 5.04. The lowest BCUT2D eigenvalue weighted by Gasteiger charge is -2.14. The van der Waals surface area contributed by atoms with E-state index >= 15 is 0 Å². The van der Waals surface area contributed by atoms with Crippen LogP contribution in [0, 0.1) is 6.92 Å². The van der Waals surface area contributed by atoms with Crippen molar-refractivity contribution < 1.29 is 4.79 Å². The van der Waals surface area contributed by atoms with Crippen LogP contribution >= 0.6 is 24.0 Å². The van der Waals surface area contributed by atoms with Gasteiger partial charge in [-0.3, -0.25) is 9.69 Å². The topological polar surface area (TPSA) is 20.3 Å². The first kappa shape index (κ1) is 16.0. The van der Waals surface area contributed by atoms with Gasteiger partial charge >= 0.3 is 0 Å². The zero-order valence-corrected chi connectivity index (χ0v) is 14.7. The summed E-state index contributed by atoms with van der Waals surface area (Å²) in [6.45, 7) is 4.15. The molecule has 1 saturated heterocycles. The molecule has 116 valence electrons. The Labute approximate surface area is 146 Å². The first-order valence-electron chi connectivity index (χ1n) is 7.52. The van der Waals surface area contributed by atoms with E-state index in [1.807, 2.05) is 55.5 Å². The molecule has 3 rings (SSSR count). The number of benzene rings is 2. The van der Waals surface area contributed by atoms with Crippen LogP contribution in [0.15, 0.2) is 53.4 Å². The number of hydrogen-bond acceptors (Lipinski definition) is 3. The van der Waals surface area contributed by atoms with Crippen LogP contribution in [0.1, 0.15) is 23.6 Å². The van der Waals surface area contributed by atoms with Gasteiger partial charge in [-0.2, -0.15) is 0 Å². The number of carbonyl (C=O) groups excluding carboxylic acids is 1. The lowest BCUT2D eigenvalue weighted by atomic mass is 10.1. The predicted octanol–water partition coefficient (Wildman–Crippen LogP) is 4.96. The van der Waals surface area contributed by atoms with E-state index in [4.69, 9.17) is 12.2 Å². The molecule has 1 fully saturated rings. The largest absolute Gasteiger partial charge is 0.270 e. The number of thiocarbonyl (C=S) groups is 1. The summed E-state index contributed by atoms with van der Waals surface area (Å²) in [5, 5.41) is 0. The molecule has 0 radical (unpaired) electrons. The Bertz CT molecular complexity index is 793. The highest BCUT2D eigenvalue weighted by Gasteiger charge is 2.33. The van der Waals surface area contributed by atoms with Gasteiger partial charge in [0.15, 0.2) is 4.32 Å². The average molecular weight is 339 g/mol. The van der Waals surface area contributed by atoms with Crippen molar-refractivity contribution in [1.29, 1.82) is 0 Å². The maximum Gasteiger partial charge on any atom is 0.270 e. The van der Waals surface area contributed by atoms with E-state index in [1.54, 1.807) is 4.90 Å². The highest BCUT2D eigenvalue weighted by molar-refractivity contribution is 8.27. The number of rotatable bonds is 3. The molecular weight excluding hydrogens is 322 g/mol. The molecular formula is C19H17NOS2. The molecule has 0 spiro atoms. The molecule has 2 aromatic rings. The standard InChI is InChI=1S/C19H17NOS2/c1-3-14-7-9-16(10-8-14)20-18(21)17(23-19(20)22)12-15-6-4-5-13(2)11-15/h4-12H,3H2,1-2H3/b17-12-. The Balaban J connectivity index is 1.90. The number of hydrogen-bond donors (Lipinski definition) is 0. The fourth-order valence-electron chi connectivity index (χ4n) is 2.48. The van der Waals surface area contributed by atoms with Gasteiger partial charge in [-0.05, 0) is 42.7 Å². The van der Waals surface area contributed by atoms with E-state index < -0.39 is 0 Å². The van der Waals surface area contributed by atoms with Crippen LogP contribution in [0.25, 0.3) is 6.08 Å². The molecule has 1 amide bonds. The van der Waals surface area contributed by atoms with Crippen molar-refractivity contribution in [1.82, 2.24) is 0 Å². The van der Waals surface area contributed by atoms with E-state index in [2.05, 4.69) is 13.0 Å². The van der Waals surface area contributed by atoms with Gasteiger partial charge in [-0.25, -0.2) is 0 Å². The van der Waals surface area contributed by atoms with Gasteiger partial charge in [0.1, 0.15) is 0 Å². The van der Waals surface area contributed by atoms with E-state index in [0.29, 0.717) is 9.23 Å². The summed E-state index contributed by atoms with van der Waals surface area (Å²) in [4.78, 5) is 15.0. The Morgan fingerprint density at radius 2 is 1.91 bits per heavy atom. The van der Waals surface area contributed by atoms with Crippen LogP contribution in [-0.2, 0) is 11.2 Å². The van der Waals surface area contributed by atoms with Crippen molar-refractivity contribution in [2.24, 2.45) is 0 Å². The SMILES string of the molecule is CCc1ccc(N2C(=O)/C(=C/c3cccc(C)c3)SC2=S)cc1. The van der Waals surface area contributed by atoms with Crippen molar-refractivity contribution in [2.45, 2.75) is 20.3 Å². The second-order valence-electron chi connectivity index (χ2n) is 5.45. The van der Waals surface area contributed by atoms with Crippen LogP contribution in [0.3, 0.4) is 0 Å². The quantitative estimate of drug-likeness (QED) is 0.582. The maximum atomic E-state index is 12.7. The van der Waals surface area contributed by atoms with Crippen molar-refractivity contribution in [3.63, 3.8) is 0 Å². The lowest BCUT2D eigenvalue weighted by Crippen LogP contribution is -2.27. The third-order valence-electron chi connectivity index (χ3n) is 3.74. The molecule has 0 N–H and O–H groups in total. The molecule has 1 aliphatic rings. The summed E-state index contributed by atoms with van der Waals surface area (Å²) in [7, 11) is 0. The van der Waals surface area contributed by atoms with Crippen molar-refractivity contribution in [3.05, 3.63) is 70.1 Å². The summed E-state index contributed by atoms with van der Waals surface area (Å²) in [5.74, 6) is -0.0502. The fraction of sp³-hybridized carbons (Fsp3) is 0.158. The molecule has 0 aromatic heterocycles. The van der Waals surface area contributed by atoms with Gasteiger partial charge in [0.05, 0.1) is 10.6 Å². The normalized spacial score (nSPS) is 16.4. The average Bonchev–Trinajstić information content (AvgIpc) is 2.81. The zero-order chi connectivity index (χ0) is 16.4. The summed E-state index contributed by atoms with van der Waals surface area (Å²) in [5.41, 5.74) is 4.27. The minimum absolute atomic E-state index is 0.0502. The van der Waals surface area contributed by atoms with E-state index in [1.165, 1.54) is 22.9 Å². The molecule has 2 nitrogen and oxygen atoms in total. The smallest absolute Gasteiger partial charge is 0.268 e. The Kier molecular flexibility index (Phi) is 4.64. The highest BCUT2D eigenvalue weighted by atomic mass is 32.2. The van der Waals surface area contributed by atoms with Crippen LogP contribution in [0.5, 0.6) is 0 Å². The van der Waals surface area contributed by atoms with Gasteiger partial charge < -0.3 is 0 Å². The van der Waals surface area contributed by atoms with E-state index in [-0.39, 0.29) is 5.91 Å². The molecule has 0 bridgehead atoms. The summed E-state index contributed by atoms with van der Waals surface area (Å²) in [6, 6.07) is 16.1. The molecule has 1 aliphatic heterocycles. The summed E-state index contributed by atoms with van der Waals surface area (Å²) in [6.07, 6.45) is 2.89. The first-order valence-corrected chi connectivity index (χ1v) is 8.74. The van der Waals surface area contributed by atoms with Gasteiger partial charge in [0, 0.05) is 0 Å². The number of nitrogens with zero attached hydrogens (tertiary/aromatic N) is 1. The number of thioether (sulfide) groups is 1. The molecule has 0 saturated carbocycles. The van der Waals surface area contributed by atoms with Crippen molar-refractivity contribution >= 4 is 46.0 Å². The monoisotopic (exact) mass is 339 g/mol. The zero-order valence-electron chi connectivity index (χ0n) is 13.1. The minimum atomic E-state index is -0.0502. The van der Waals surface area contributed by atoms with Gasteiger partial charge in [-0.1, -0.05) is 72.9 Å². The van der Waals surface area contributed by atoms with Crippen LogP contribution in [0.2, 0.25) is 0 Å². The van der Waals surface area contributed by atoms with Crippen LogP contribution in [-0.4, -0.2) is 10.2 Å². The molecule has 2 aromatic carbocycles. The second kappa shape index (κ2) is 6.69. The predicted molar refractivity (Wildman–Crippen MR) is 103 cm³/mol. The van der Waals surface area contributed by atoms with Gasteiger partial charge in [0.2, 0.25) is 0 Å². The summed E-state index contributed by atoms with van der Waals surface area (Å²) >= 11 is 6.76. The molecule has 0 unspecified atom stereocenters. The lowest BCUT2D eigenvalue weighted by molar-refractivity contribution is -0.113. The summed E-state index contributed by atoms with van der Waals surface area (Å²) < 4.78 is 0.582. The van der Waals surface area contributed by atoms with Crippen LogP contribution in [0.4, 0.5) is 5.69 Å². The number of amides is 1. The number of aryl methyl sites for hydroxylation is 2. The number of carbonyl (C=O) groups is 1. The number of anilines is 1. The minimum Gasteiger partial charge on any atom is -0.268 e. The van der Waals surface area contributed by atoms with Crippen molar-refractivity contribution in [2.75, 3.05) is 4.90 Å². The Morgan fingerprint density at radius 3 is 2.57 bits per heavy atom. The molecule has 0 atom stereocenters. The highest BCUT2D eigenvalue weighted by Crippen LogP contribution is 2.36. The maximum absolute atomic E-state index is 12.7. The van der Waals surface area contributed by atoms with Gasteiger partial charge in [0.25, 0.3) is 5.91 Å². The Morgan fingerprint density at radius 1 is 1.17 bits per heavy atom. The van der Waals surface area contributed by atoms with Crippen LogP contribution < -0.4 is 4.90 Å². The van der Waals surface area contributed by atoms with E-state index in [9.17, 15) is 4.79 Å². The van der Waals surface area contributed by atoms with Gasteiger partial charge in [-0.15, -0.1) is 0 Å². The molecule has 23 heavy (non-hydrogen) atoms. The first-order chi connectivity index (χ1) is 11.1. The third kappa shape index (κ3) is 3.38. The molecule has 0 aliphatic carbocycles. The Hall–Kier alpha value is -1.91.